The predicted octanol–water partition coefficient (Wildman–Crippen LogP) is 3.26. The van der Waals surface area contributed by atoms with Gasteiger partial charge in [0.05, 0.1) is 11.8 Å². The molecule has 1 N–H and O–H groups in total. The van der Waals surface area contributed by atoms with Crippen molar-refractivity contribution in [2.24, 2.45) is 0 Å². The number of aryl methyl sites for hydroxylation is 1. The molecule has 4 heteroatoms. The second-order valence-electron chi connectivity index (χ2n) is 4.52. The van der Waals surface area contributed by atoms with Gasteiger partial charge >= 0.3 is 0 Å². The van der Waals surface area contributed by atoms with Crippen molar-refractivity contribution in [1.29, 1.82) is 0 Å². The van der Waals surface area contributed by atoms with Crippen LogP contribution in [-0.2, 0) is 6.42 Å². The maximum Gasteiger partial charge on any atom is 0.255 e. The summed E-state index contributed by atoms with van der Waals surface area (Å²) in [5.74, 6) is 0.493. The fraction of sp³-hybridized carbons (Fsp3) is 0.125. The quantitative estimate of drug-likeness (QED) is 0.791. The monoisotopic (exact) mass is 266 g/mol. The minimum atomic E-state index is -0.121. The van der Waals surface area contributed by atoms with Crippen LogP contribution in [0.5, 0.6) is 0 Å². The highest BCUT2D eigenvalue weighted by Crippen LogP contribution is 2.22. The van der Waals surface area contributed by atoms with Gasteiger partial charge < -0.3 is 9.40 Å². The zero-order valence-corrected chi connectivity index (χ0v) is 11.1. The van der Waals surface area contributed by atoms with E-state index in [2.05, 4.69) is 16.9 Å². The summed E-state index contributed by atoms with van der Waals surface area (Å²) in [7, 11) is 0. The molecule has 0 aliphatic carbocycles. The van der Waals surface area contributed by atoms with Gasteiger partial charge in [-0.05, 0) is 23.6 Å². The van der Waals surface area contributed by atoms with Crippen LogP contribution in [-0.4, -0.2) is 9.97 Å². The van der Waals surface area contributed by atoms with Gasteiger partial charge in [0.15, 0.2) is 0 Å². The fourth-order valence-electron chi connectivity index (χ4n) is 2.11. The largest absolute Gasteiger partial charge is 0.444 e. The normalized spacial score (nSPS) is 10.7. The summed E-state index contributed by atoms with van der Waals surface area (Å²) in [5.41, 5.74) is 3.38. The molecule has 0 spiro atoms. The second-order valence-corrected chi connectivity index (χ2v) is 4.52. The standard InChI is InChI=1S/C16H14N2O2/c1-2-11-3-5-12(6-4-11)14-9-13(10-18-15(14)19)16-17-7-8-20-16/h3-10H,2H2,1H3,(H,18,19). The van der Waals surface area contributed by atoms with Gasteiger partial charge in [0.2, 0.25) is 5.89 Å². The molecule has 0 bridgehead atoms. The van der Waals surface area contributed by atoms with Crippen LogP contribution in [0.1, 0.15) is 12.5 Å². The number of hydrogen-bond donors (Lipinski definition) is 1. The van der Waals surface area contributed by atoms with Crippen LogP contribution in [0.15, 0.2) is 58.2 Å². The van der Waals surface area contributed by atoms with Crippen molar-refractivity contribution in [1.82, 2.24) is 9.97 Å². The third-order valence-corrected chi connectivity index (χ3v) is 3.26. The van der Waals surface area contributed by atoms with Gasteiger partial charge in [-0.2, -0.15) is 0 Å². The van der Waals surface area contributed by atoms with Gasteiger partial charge in [-0.25, -0.2) is 4.98 Å². The van der Waals surface area contributed by atoms with E-state index in [-0.39, 0.29) is 5.56 Å². The molecular weight excluding hydrogens is 252 g/mol. The van der Waals surface area contributed by atoms with Crippen LogP contribution in [0.2, 0.25) is 0 Å². The Morgan fingerprint density at radius 3 is 2.65 bits per heavy atom. The van der Waals surface area contributed by atoms with Crippen molar-refractivity contribution in [2.75, 3.05) is 0 Å². The van der Waals surface area contributed by atoms with E-state index in [1.807, 2.05) is 24.3 Å². The van der Waals surface area contributed by atoms with Crippen LogP contribution in [0, 0.1) is 0 Å². The summed E-state index contributed by atoms with van der Waals surface area (Å²) < 4.78 is 5.25. The molecule has 4 nitrogen and oxygen atoms in total. The van der Waals surface area contributed by atoms with Gasteiger partial charge in [0, 0.05) is 11.8 Å². The minimum Gasteiger partial charge on any atom is -0.444 e. The molecule has 0 amide bonds. The highest BCUT2D eigenvalue weighted by molar-refractivity contribution is 5.68. The molecule has 3 aromatic rings. The first-order valence-corrected chi connectivity index (χ1v) is 6.50. The number of benzene rings is 1. The zero-order valence-electron chi connectivity index (χ0n) is 11.1. The molecule has 0 saturated heterocycles. The molecule has 0 atom stereocenters. The lowest BCUT2D eigenvalue weighted by atomic mass is 10.0. The maximum absolute atomic E-state index is 12.0. The first-order chi connectivity index (χ1) is 9.78. The maximum atomic E-state index is 12.0. The molecule has 100 valence electrons. The van der Waals surface area contributed by atoms with Crippen molar-refractivity contribution < 1.29 is 4.42 Å². The molecule has 0 aliphatic heterocycles. The molecule has 0 fully saturated rings. The van der Waals surface area contributed by atoms with Crippen LogP contribution < -0.4 is 5.56 Å². The lowest BCUT2D eigenvalue weighted by Gasteiger charge is -2.04. The molecule has 0 saturated carbocycles. The van der Waals surface area contributed by atoms with Gasteiger partial charge in [-0.3, -0.25) is 4.79 Å². The number of hydrogen-bond acceptors (Lipinski definition) is 3. The lowest BCUT2D eigenvalue weighted by Crippen LogP contribution is -2.08. The van der Waals surface area contributed by atoms with Crippen molar-refractivity contribution in [2.45, 2.75) is 13.3 Å². The Morgan fingerprint density at radius 1 is 1.20 bits per heavy atom. The van der Waals surface area contributed by atoms with Crippen LogP contribution in [0.3, 0.4) is 0 Å². The summed E-state index contributed by atoms with van der Waals surface area (Å²) in [4.78, 5) is 18.8. The Kier molecular flexibility index (Phi) is 3.21. The van der Waals surface area contributed by atoms with E-state index in [0.29, 0.717) is 11.5 Å². The average molecular weight is 266 g/mol. The predicted molar refractivity (Wildman–Crippen MR) is 77.4 cm³/mol. The van der Waals surface area contributed by atoms with Gasteiger partial charge in [-0.1, -0.05) is 31.2 Å². The number of nitrogens with one attached hydrogen (secondary N) is 1. The first-order valence-electron chi connectivity index (χ1n) is 6.50. The number of aromatic amines is 1. The average Bonchev–Trinajstić information content (AvgIpc) is 3.02. The fourth-order valence-corrected chi connectivity index (χ4v) is 2.11. The van der Waals surface area contributed by atoms with Crippen LogP contribution in [0.4, 0.5) is 0 Å². The number of pyridine rings is 1. The summed E-state index contributed by atoms with van der Waals surface area (Å²) in [6, 6.07) is 9.79. The van der Waals surface area contributed by atoms with E-state index in [4.69, 9.17) is 4.42 Å². The van der Waals surface area contributed by atoms with Crippen molar-refractivity contribution in [3.05, 3.63) is 64.9 Å². The Balaban J connectivity index is 2.08. The molecule has 20 heavy (non-hydrogen) atoms. The first kappa shape index (κ1) is 12.4. The SMILES string of the molecule is CCc1ccc(-c2cc(-c3ncco3)c[nH]c2=O)cc1. The van der Waals surface area contributed by atoms with Crippen LogP contribution >= 0.6 is 0 Å². The van der Waals surface area contributed by atoms with Crippen LogP contribution in [0.25, 0.3) is 22.6 Å². The van der Waals surface area contributed by atoms with E-state index in [0.717, 1.165) is 17.5 Å². The molecule has 2 aromatic heterocycles. The molecular formula is C16H14N2O2. The van der Waals surface area contributed by atoms with Crippen molar-refractivity contribution >= 4 is 0 Å². The molecule has 0 aliphatic rings. The number of rotatable bonds is 3. The Hall–Kier alpha value is -2.62. The number of H-pyrrole nitrogens is 1. The number of aromatic nitrogens is 2. The Morgan fingerprint density at radius 2 is 2.00 bits per heavy atom. The third-order valence-electron chi connectivity index (χ3n) is 3.26. The summed E-state index contributed by atoms with van der Waals surface area (Å²) in [6.07, 6.45) is 5.68. The minimum absolute atomic E-state index is 0.121. The molecule has 0 radical (unpaired) electrons. The van der Waals surface area contributed by atoms with Gasteiger partial charge in [0.25, 0.3) is 5.56 Å². The molecule has 3 rings (SSSR count). The Labute approximate surface area is 116 Å². The van der Waals surface area contributed by atoms with E-state index < -0.39 is 0 Å². The molecule has 0 unspecified atom stereocenters. The highest BCUT2D eigenvalue weighted by Gasteiger charge is 2.08. The lowest BCUT2D eigenvalue weighted by molar-refractivity contribution is 0.574. The van der Waals surface area contributed by atoms with E-state index in [9.17, 15) is 4.79 Å². The van der Waals surface area contributed by atoms with Gasteiger partial charge in [-0.15, -0.1) is 0 Å². The zero-order chi connectivity index (χ0) is 13.9. The van der Waals surface area contributed by atoms with Crippen molar-refractivity contribution in [3.63, 3.8) is 0 Å². The number of nitrogens with zero attached hydrogens (tertiary/aromatic N) is 1. The van der Waals surface area contributed by atoms with Gasteiger partial charge in [0.1, 0.15) is 6.26 Å². The second kappa shape index (κ2) is 5.17. The summed E-state index contributed by atoms with van der Waals surface area (Å²) >= 11 is 0. The molecule has 1 aromatic carbocycles. The van der Waals surface area contributed by atoms with E-state index in [1.54, 1.807) is 18.5 Å². The summed E-state index contributed by atoms with van der Waals surface area (Å²) in [6.45, 7) is 2.10. The third kappa shape index (κ3) is 2.28. The topological polar surface area (TPSA) is 58.9 Å². The Bertz CT molecular complexity index is 756. The van der Waals surface area contributed by atoms with E-state index in [1.165, 1.54) is 11.8 Å². The van der Waals surface area contributed by atoms with Crippen molar-refractivity contribution in [3.8, 4) is 22.6 Å². The molecule has 2 heterocycles. The smallest absolute Gasteiger partial charge is 0.255 e. The summed E-state index contributed by atoms with van der Waals surface area (Å²) in [5, 5.41) is 0. The highest BCUT2D eigenvalue weighted by atomic mass is 16.3. The number of oxazole rings is 1. The van der Waals surface area contributed by atoms with E-state index >= 15 is 0 Å².